The topological polar surface area (TPSA) is 78.5 Å². The van der Waals surface area contributed by atoms with Crippen molar-refractivity contribution in [1.82, 2.24) is 10.9 Å². The minimum absolute atomic E-state index is 0.105. The van der Waals surface area contributed by atoms with E-state index >= 15 is 0 Å². The molecule has 0 aliphatic carbocycles. The van der Waals surface area contributed by atoms with Gasteiger partial charge >= 0.3 is 0 Å². The third kappa shape index (κ3) is 4.28. The second-order valence-corrected chi connectivity index (χ2v) is 7.08. The second kappa shape index (κ2) is 7.80. The fourth-order valence-electron chi connectivity index (χ4n) is 3.12. The SMILES string of the molecule is Cc1ccc(N2C[C@H](C(=O)NNC(=O)c3ccc(Cl)cc3)CC2=O)c(C)c1. The van der Waals surface area contributed by atoms with Crippen LogP contribution in [0.5, 0.6) is 0 Å². The molecule has 0 bridgehead atoms. The quantitative estimate of drug-likeness (QED) is 0.797. The zero-order valence-corrected chi connectivity index (χ0v) is 15.8. The maximum atomic E-state index is 12.4. The highest BCUT2D eigenvalue weighted by atomic mass is 35.5. The lowest BCUT2D eigenvalue weighted by Crippen LogP contribution is -2.45. The van der Waals surface area contributed by atoms with E-state index in [1.54, 1.807) is 29.2 Å². The van der Waals surface area contributed by atoms with Crippen molar-refractivity contribution in [2.75, 3.05) is 11.4 Å². The van der Waals surface area contributed by atoms with Crippen LogP contribution < -0.4 is 15.8 Å². The Morgan fingerprint density at radius 3 is 2.44 bits per heavy atom. The number of halogens is 1. The predicted molar refractivity (Wildman–Crippen MR) is 103 cm³/mol. The van der Waals surface area contributed by atoms with Crippen LogP contribution in [0.3, 0.4) is 0 Å². The van der Waals surface area contributed by atoms with E-state index in [-0.39, 0.29) is 18.9 Å². The highest BCUT2D eigenvalue weighted by molar-refractivity contribution is 6.30. The van der Waals surface area contributed by atoms with E-state index < -0.39 is 17.7 Å². The number of carbonyl (C=O) groups excluding carboxylic acids is 3. The summed E-state index contributed by atoms with van der Waals surface area (Å²) in [6.07, 6.45) is 0.107. The van der Waals surface area contributed by atoms with E-state index in [1.165, 1.54) is 0 Å². The monoisotopic (exact) mass is 385 g/mol. The Bertz CT molecular complexity index is 896. The Balaban J connectivity index is 1.60. The number of hydrazine groups is 1. The summed E-state index contributed by atoms with van der Waals surface area (Å²) in [5.74, 6) is -1.47. The van der Waals surface area contributed by atoms with E-state index in [9.17, 15) is 14.4 Å². The molecule has 0 saturated carbocycles. The van der Waals surface area contributed by atoms with Crippen LogP contribution in [-0.2, 0) is 9.59 Å². The van der Waals surface area contributed by atoms with Gasteiger partial charge in [0.2, 0.25) is 11.8 Å². The zero-order valence-electron chi connectivity index (χ0n) is 15.1. The van der Waals surface area contributed by atoms with Gasteiger partial charge in [0.05, 0.1) is 5.92 Å². The van der Waals surface area contributed by atoms with Crippen LogP contribution in [0.4, 0.5) is 5.69 Å². The average Bonchev–Trinajstić information content (AvgIpc) is 3.01. The highest BCUT2D eigenvalue weighted by Crippen LogP contribution is 2.28. The number of hydrogen-bond donors (Lipinski definition) is 2. The van der Waals surface area contributed by atoms with Crippen LogP contribution in [0.1, 0.15) is 27.9 Å². The van der Waals surface area contributed by atoms with E-state index in [2.05, 4.69) is 10.9 Å². The van der Waals surface area contributed by atoms with Crippen LogP contribution in [0.25, 0.3) is 0 Å². The molecule has 1 aliphatic rings. The standard InChI is InChI=1S/C20H20ClN3O3/c1-12-3-8-17(13(2)9-12)24-11-15(10-18(24)25)20(27)23-22-19(26)14-4-6-16(21)7-5-14/h3-9,15H,10-11H2,1-2H3,(H,22,26)(H,23,27)/t15-/m1/s1. The molecule has 0 radical (unpaired) electrons. The molecule has 0 unspecified atom stereocenters. The summed E-state index contributed by atoms with van der Waals surface area (Å²) in [5, 5.41) is 0.520. The predicted octanol–water partition coefficient (Wildman–Crippen LogP) is 2.77. The largest absolute Gasteiger partial charge is 0.311 e. The lowest BCUT2D eigenvalue weighted by atomic mass is 10.1. The molecule has 1 heterocycles. The molecular weight excluding hydrogens is 366 g/mol. The van der Waals surface area contributed by atoms with Crippen molar-refractivity contribution in [2.45, 2.75) is 20.3 Å². The third-order valence-corrected chi connectivity index (χ3v) is 4.80. The van der Waals surface area contributed by atoms with Crippen LogP contribution >= 0.6 is 11.6 Å². The van der Waals surface area contributed by atoms with E-state index in [0.29, 0.717) is 10.6 Å². The summed E-state index contributed by atoms with van der Waals surface area (Å²) < 4.78 is 0. The maximum absolute atomic E-state index is 12.4. The van der Waals surface area contributed by atoms with Crippen LogP contribution in [0.2, 0.25) is 5.02 Å². The summed E-state index contributed by atoms with van der Waals surface area (Å²) in [7, 11) is 0. The molecule has 2 N–H and O–H groups in total. The summed E-state index contributed by atoms with van der Waals surface area (Å²) in [5.41, 5.74) is 8.06. The lowest BCUT2D eigenvalue weighted by Gasteiger charge is -2.19. The number of carbonyl (C=O) groups is 3. The van der Waals surface area contributed by atoms with Crippen molar-refractivity contribution in [3.05, 3.63) is 64.2 Å². The molecule has 3 rings (SSSR count). The first-order valence-corrected chi connectivity index (χ1v) is 8.96. The number of aryl methyl sites for hydroxylation is 2. The van der Waals surface area contributed by atoms with Gasteiger partial charge in [-0.1, -0.05) is 29.3 Å². The molecular formula is C20H20ClN3O3. The van der Waals surface area contributed by atoms with Gasteiger partial charge in [-0.05, 0) is 49.7 Å². The van der Waals surface area contributed by atoms with Gasteiger partial charge in [-0.25, -0.2) is 0 Å². The summed E-state index contributed by atoms with van der Waals surface area (Å²) in [4.78, 5) is 38.4. The molecule has 7 heteroatoms. The van der Waals surface area contributed by atoms with Gasteiger partial charge in [0.15, 0.2) is 0 Å². The first-order valence-electron chi connectivity index (χ1n) is 8.58. The second-order valence-electron chi connectivity index (χ2n) is 6.65. The molecule has 2 aromatic carbocycles. The van der Waals surface area contributed by atoms with Crippen LogP contribution in [0.15, 0.2) is 42.5 Å². The normalized spacial score (nSPS) is 16.3. The van der Waals surface area contributed by atoms with Gasteiger partial charge in [-0.2, -0.15) is 0 Å². The van der Waals surface area contributed by atoms with Gasteiger partial charge in [0.1, 0.15) is 0 Å². The Labute approximate surface area is 162 Å². The van der Waals surface area contributed by atoms with E-state index in [0.717, 1.165) is 16.8 Å². The number of nitrogens with one attached hydrogen (secondary N) is 2. The number of hydrogen-bond acceptors (Lipinski definition) is 3. The van der Waals surface area contributed by atoms with Gasteiger partial charge in [-0.15, -0.1) is 0 Å². The van der Waals surface area contributed by atoms with Crippen molar-refractivity contribution in [2.24, 2.45) is 5.92 Å². The number of nitrogens with zero attached hydrogens (tertiary/aromatic N) is 1. The molecule has 1 fully saturated rings. The average molecular weight is 386 g/mol. The van der Waals surface area contributed by atoms with Crippen LogP contribution in [0, 0.1) is 19.8 Å². The van der Waals surface area contributed by atoms with Gasteiger partial charge in [0.25, 0.3) is 5.91 Å². The van der Waals surface area contributed by atoms with Crippen molar-refractivity contribution in [3.63, 3.8) is 0 Å². The smallest absolute Gasteiger partial charge is 0.269 e. The molecule has 0 aromatic heterocycles. The number of anilines is 1. The first kappa shape index (κ1) is 18.9. The Hall–Kier alpha value is -2.86. The lowest BCUT2D eigenvalue weighted by molar-refractivity contribution is -0.126. The third-order valence-electron chi connectivity index (χ3n) is 4.54. The molecule has 1 atom stereocenters. The summed E-state index contributed by atoms with van der Waals surface area (Å²) >= 11 is 5.79. The van der Waals surface area contributed by atoms with E-state index in [4.69, 9.17) is 11.6 Å². The molecule has 3 amide bonds. The molecule has 27 heavy (non-hydrogen) atoms. The molecule has 1 aliphatic heterocycles. The molecule has 6 nitrogen and oxygen atoms in total. The fraction of sp³-hybridized carbons (Fsp3) is 0.250. The Morgan fingerprint density at radius 1 is 1.07 bits per heavy atom. The first-order chi connectivity index (χ1) is 12.8. The summed E-state index contributed by atoms with van der Waals surface area (Å²) in [6.45, 7) is 4.21. The minimum atomic E-state index is -0.524. The molecule has 140 valence electrons. The Morgan fingerprint density at radius 2 is 1.78 bits per heavy atom. The van der Waals surface area contributed by atoms with Crippen molar-refractivity contribution < 1.29 is 14.4 Å². The number of amides is 3. The van der Waals surface area contributed by atoms with E-state index in [1.807, 2.05) is 32.0 Å². The highest BCUT2D eigenvalue weighted by Gasteiger charge is 2.35. The van der Waals surface area contributed by atoms with Crippen LogP contribution in [-0.4, -0.2) is 24.3 Å². The number of benzene rings is 2. The molecule has 2 aromatic rings. The van der Waals surface area contributed by atoms with Gasteiger partial charge in [0, 0.05) is 29.2 Å². The van der Waals surface area contributed by atoms with Crippen molar-refractivity contribution in [1.29, 1.82) is 0 Å². The molecule has 1 saturated heterocycles. The zero-order chi connectivity index (χ0) is 19.6. The van der Waals surface area contributed by atoms with Crippen molar-refractivity contribution >= 4 is 35.0 Å². The minimum Gasteiger partial charge on any atom is -0.311 e. The van der Waals surface area contributed by atoms with Gasteiger partial charge in [-0.3, -0.25) is 25.2 Å². The van der Waals surface area contributed by atoms with Crippen molar-refractivity contribution in [3.8, 4) is 0 Å². The maximum Gasteiger partial charge on any atom is 0.269 e. The molecule has 0 spiro atoms. The van der Waals surface area contributed by atoms with Gasteiger partial charge < -0.3 is 4.90 Å². The Kier molecular flexibility index (Phi) is 5.46. The number of rotatable bonds is 3. The fourth-order valence-corrected chi connectivity index (χ4v) is 3.24. The summed E-state index contributed by atoms with van der Waals surface area (Å²) in [6, 6.07) is 12.1.